The number of nitrogens with one attached hydrogen (secondary N) is 1. The molecule has 1 saturated heterocycles. The summed E-state index contributed by atoms with van der Waals surface area (Å²) in [7, 11) is 0. The lowest BCUT2D eigenvalue weighted by molar-refractivity contribution is 0.348. The van der Waals surface area contributed by atoms with Crippen LogP contribution in [0, 0.1) is 0 Å². The molecule has 1 aliphatic carbocycles. The number of hydrogen-bond acceptors (Lipinski definition) is 3. The molecule has 2 aromatic rings. The third-order valence-electron chi connectivity index (χ3n) is 5.10. The van der Waals surface area contributed by atoms with E-state index in [-0.39, 0.29) is 12.1 Å². The molecule has 140 valence electrons. The fourth-order valence-electron chi connectivity index (χ4n) is 3.67. The maximum absolute atomic E-state index is 6.31. The molecule has 0 aromatic heterocycles. The van der Waals surface area contributed by atoms with Crippen molar-refractivity contribution in [2.75, 3.05) is 13.2 Å². The molecule has 2 aromatic carbocycles. The summed E-state index contributed by atoms with van der Waals surface area (Å²) in [5.74, 6) is 0. The minimum atomic E-state index is 0.000238. The van der Waals surface area contributed by atoms with E-state index in [0.717, 1.165) is 23.4 Å². The summed E-state index contributed by atoms with van der Waals surface area (Å²) in [6, 6.07) is 17.0. The number of fused-ring (bicyclic) bond motifs is 1. The van der Waals surface area contributed by atoms with Crippen molar-refractivity contribution in [1.29, 1.82) is 0 Å². The summed E-state index contributed by atoms with van der Waals surface area (Å²) >= 11 is 11.9. The number of rotatable bonds is 3. The molecule has 1 N–H and O–H groups in total. The minimum Gasteiger partial charge on any atom is -0.463 e. The van der Waals surface area contributed by atoms with Crippen LogP contribution in [0.5, 0.6) is 0 Å². The highest BCUT2D eigenvalue weighted by Crippen LogP contribution is 2.34. The highest BCUT2D eigenvalue weighted by Gasteiger charge is 2.29. The van der Waals surface area contributed by atoms with Crippen molar-refractivity contribution in [2.45, 2.75) is 31.8 Å². The number of ether oxygens (including phenoxy) is 1. The van der Waals surface area contributed by atoms with Crippen molar-refractivity contribution in [3.05, 3.63) is 70.2 Å². The third kappa shape index (κ3) is 3.80. The van der Waals surface area contributed by atoms with Gasteiger partial charge in [-0.15, -0.1) is 0 Å². The molecule has 4 nitrogen and oxygen atoms in total. The Hall–Kier alpha value is -2.11. The Bertz CT molecular complexity index is 885. The first kappa shape index (κ1) is 18.3. The summed E-state index contributed by atoms with van der Waals surface area (Å²) in [5.41, 5.74) is 3.69. The zero-order chi connectivity index (χ0) is 18.8. The molecule has 0 radical (unpaired) electrons. The first-order valence-corrected chi connectivity index (χ1v) is 10.0. The van der Waals surface area contributed by atoms with Gasteiger partial charge >= 0.3 is 0 Å². The molecule has 2 aliphatic rings. The first-order valence-electron chi connectivity index (χ1n) is 9.24. The second-order valence-corrected chi connectivity index (χ2v) is 7.65. The summed E-state index contributed by atoms with van der Waals surface area (Å²) in [6.45, 7) is 3.35. The molecule has 0 amide bonds. The monoisotopic (exact) mass is 399 g/mol. The second kappa shape index (κ2) is 7.87. The van der Waals surface area contributed by atoms with Gasteiger partial charge in [-0.1, -0.05) is 54.1 Å². The molecular weight excluding hydrogens is 378 g/mol. The van der Waals surface area contributed by atoms with E-state index in [1.807, 2.05) is 29.2 Å². The van der Waals surface area contributed by atoms with Crippen LogP contribution in [0.2, 0.25) is 5.02 Å². The largest absolute Gasteiger partial charge is 0.463 e. The van der Waals surface area contributed by atoms with Crippen molar-refractivity contribution >= 4 is 35.0 Å². The topological polar surface area (TPSA) is 36.9 Å². The van der Waals surface area contributed by atoms with Crippen LogP contribution in [0.15, 0.2) is 53.5 Å². The van der Waals surface area contributed by atoms with E-state index in [1.54, 1.807) is 0 Å². The molecule has 2 unspecified atom stereocenters. The van der Waals surface area contributed by atoms with Crippen molar-refractivity contribution in [3.8, 4) is 0 Å². The van der Waals surface area contributed by atoms with E-state index in [4.69, 9.17) is 33.5 Å². The molecule has 27 heavy (non-hydrogen) atoms. The predicted molar refractivity (Wildman–Crippen MR) is 113 cm³/mol. The van der Waals surface area contributed by atoms with Crippen LogP contribution in [0.1, 0.15) is 42.1 Å². The Balaban J connectivity index is 1.48. The number of benzene rings is 2. The normalized spacial score (nSPS) is 21.0. The third-order valence-corrected chi connectivity index (χ3v) is 5.78. The molecule has 0 bridgehead atoms. The van der Waals surface area contributed by atoms with Crippen molar-refractivity contribution in [3.63, 3.8) is 0 Å². The van der Waals surface area contributed by atoms with Crippen LogP contribution in [0.25, 0.3) is 0 Å². The Kier molecular flexibility index (Phi) is 5.32. The molecule has 0 spiro atoms. The lowest BCUT2D eigenvalue weighted by Crippen LogP contribution is -2.42. The zero-order valence-electron chi connectivity index (χ0n) is 15.2. The van der Waals surface area contributed by atoms with Gasteiger partial charge in [-0.25, -0.2) is 4.99 Å². The SMILES string of the molecule is CC(NC(=S)N1CCOC1=NC1CCc2ccccc21)c1ccccc1Cl. The van der Waals surface area contributed by atoms with Crippen LogP contribution >= 0.6 is 23.8 Å². The smallest absolute Gasteiger partial charge is 0.294 e. The lowest BCUT2D eigenvalue weighted by atomic mass is 10.1. The number of hydrogen-bond donors (Lipinski definition) is 1. The van der Waals surface area contributed by atoms with E-state index in [9.17, 15) is 0 Å². The number of nitrogens with zero attached hydrogens (tertiary/aromatic N) is 2. The fourth-order valence-corrected chi connectivity index (χ4v) is 4.31. The standard InChI is InChI=1S/C21H22ClN3OS/c1-14(16-7-4-5-9-18(16)22)23-21(27)25-12-13-26-20(25)24-19-11-10-15-6-2-3-8-17(15)19/h2-9,14,19H,10-13H2,1H3,(H,23,27). The van der Waals surface area contributed by atoms with Gasteiger partial charge in [0.2, 0.25) is 0 Å². The average Bonchev–Trinajstić information content (AvgIpc) is 3.30. The zero-order valence-corrected chi connectivity index (χ0v) is 16.8. The first-order chi connectivity index (χ1) is 13.1. The quantitative estimate of drug-likeness (QED) is 0.762. The number of thiocarbonyl (C=S) groups is 1. The van der Waals surface area contributed by atoms with Gasteiger partial charge in [0.15, 0.2) is 5.11 Å². The van der Waals surface area contributed by atoms with Crippen LogP contribution in [-0.4, -0.2) is 29.2 Å². The number of halogens is 1. The fraction of sp³-hybridized carbons (Fsp3) is 0.333. The molecule has 1 fully saturated rings. The van der Waals surface area contributed by atoms with Crippen LogP contribution in [-0.2, 0) is 11.2 Å². The summed E-state index contributed by atoms with van der Waals surface area (Å²) in [5, 5.41) is 4.71. The van der Waals surface area contributed by atoms with Gasteiger partial charge in [0.1, 0.15) is 6.61 Å². The lowest BCUT2D eigenvalue weighted by Gasteiger charge is -2.23. The van der Waals surface area contributed by atoms with Crippen molar-refractivity contribution in [1.82, 2.24) is 10.2 Å². The Morgan fingerprint density at radius 2 is 2.04 bits per heavy atom. The van der Waals surface area contributed by atoms with E-state index >= 15 is 0 Å². The van der Waals surface area contributed by atoms with Gasteiger partial charge in [-0.3, -0.25) is 4.90 Å². The number of aryl methyl sites for hydroxylation is 1. The maximum atomic E-state index is 6.31. The summed E-state index contributed by atoms with van der Waals surface area (Å²) in [6.07, 6.45) is 2.07. The minimum absolute atomic E-state index is 0.000238. The van der Waals surface area contributed by atoms with Gasteiger partial charge in [0, 0.05) is 5.02 Å². The van der Waals surface area contributed by atoms with Crippen LogP contribution in [0.4, 0.5) is 0 Å². The van der Waals surface area contributed by atoms with Gasteiger partial charge in [-0.2, -0.15) is 0 Å². The molecule has 2 atom stereocenters. The molecule has 1 aliphatic heterocycles. The van der Waals surface area contributed by atoms with Crippen LogP contribution < -0.4 is 5.32 Å². The number of aliphatic imine (C=N–C) groups is 1. The Morgan fingerprint density at radius 3 is 2.89 bits per heavy atom. The molecule has 0 saturated carbocycles. The van der Waals surface area contributed by atoms with Crippen molar-refractivity contribution < 1.29 is 4.74 Å². The van der Waals surface area contributed by atoms with E-state index in [1.165, 1.54) is 11.1 Å². The van der Waals surface area contributed by atoms with Gasteiger partial charge in [-0.05, 0) is 54.7 Å². The molecule has 4 rings (SSSR count). The van der Waals surface area contributed by atoms with Crippen molar-refractivity contribution in [2.24, 2.45) is 4.99 Å². The molecule has 1 heterocycles. The highest BCUT2D eigenvalue weighted by atomic mass is 35.5. The average molecular weight is 400 g/mol. The van der Waals surface area contributed by atoms with E-state index < -0.39 is 0 Å². The van der Waals surface area contributed by atoms with Gasteiger partial charge in [0.25, 0.3) is 6.02 Å². The van der Waals surface area contributed by atoms with E-state index in [0.29, 0.717) is 24.3 Å². The summed E-state index contributed by atoms with van der Waals surface area (Å²) in [4.78, 5) is 6.83. The Morgan fingerprint density at radius 1 is 1.26 bits per heavy atom. The summed E-state index contributed by atoms with van der Waals surface area (Å²) < 4.78 is 5.80. The van der Waals surface area contributed by atoms with E-state index in [2.05, 4.69) is 36.5 Å². The Labute approximate surface area is 170 Å². The number of amidine groups is 1. The highest BCUT2D eigenvalue weighted by molar-refractivity contribution is 7.80. The predicted octanol–water partition coefficient (Wildman–Crippen LogP) is 4.65. The molecule has 6 heteroatoms. The van der Waals surface area contributed by atoms with Gasteiger partial charge < -0.3 is 10.1 Å². The van der Waals surface area contributed by atoms with Crippen LogP contribution in [0.3, 0.4) is 0 Å². The molecular formula is C21H22ClN3OS. The van der Waals surface area contributed by atoms with Gasteiger partial charge in [0.05, 0.1) is 18.6 Å². The maximum Gasteiger partial charge on any atom is 0.294 e. The second-order valence-electron chi connectivity index (χ2n) is 6.86.